The normalized spacial score (nSPS) is 19.2. The number of methoxy groups -OCH3 is 1. The van der Waals surface area contributed by atoms with Gasteiger partial charge in [-0.25, -0.2) is 0 Å². The maximum Gasteiger partial charge on any atom is 0.295 e. The number of nitrogens with zero attached hydrogens (tertiary/aromatic N) is 1. The molecule has 1 saturated heterocycles. The number of hydrogen-bond acceptors (Lipinski definition) is 4. The molecule has 0 spiro atoms. The van der Waals surface area contributed by atoms with Crippen molar-refractivity contribution in [2.45, 2.75) is 13.0 Å². The van der Waals surface area contributed by atoms with E-state index in [1.807, 2.05) is 49.4 Å². The van der Waals surface area contributed by atoms with Crippen molar-refractivity contribution >= 4 is 17.4 Å². The summed E-state index contributed by atoms with van der Waals surface area (Å²) in [6.07, 6.45) is 0. The summed E-state index contributed by atoms with van der Waals surface area (Å²) in [6.45, 7) is 2.52. The summed E-state index contributed by atoms with van der Waals surface area (Å²) in [4.78, 5) is 26.7. The number of ether oxygens (including phenoxy) is 1. The molecule has 1 N–H and O–H groups in total. The van der Waals surface area contributed by atoms with E-state index in [4.69, 9.17) is 4.74 Å². The highest BCUT2D eigenvalue weighted by molar-refractivity contribution is 6.46. The second kappa shape index (κ2) is 7.54. The Morgan fingerprint density at radius 3 is 2.35 bits per heavy atom. The molecule has 1 aliphatic rings. The molecular weight excluding hydrogens is 330 g/mol. The van der Waals surface area contributed by atoms with Crippen molar-refractivity contribution in [2.24, 2.45) is 0 Å². The lowest BCUT2D eigenvalue weighted by molar-refractivity contribution is -0.140. The van der Waals surface area contributed by atoms with Crippen LogP contribution in [0.3, 0.4) is 0 Å². The summed E-state index contributed by atoms with van der Waals surface area (Å²) in [7, 11) is 1.54. The van der Waals surface area contributed by atoms with Gasteiger partial charge in [-0.3, -0.25) is 9.59 Å². The number of carbonyl (C=O) groups excluding carboxylic acids is 2. The third kappa shape index (κ3) is 3.26. The van der Waals surface area contributed by atoms with Gasteiger partial charge in [-0.15, -0.1) is 0 Å². The monoisotopic (exact) mass is 351 g/mol. The van der Waals surface area contributed by atoms with Crippen LogP contribution in [0.25, 0.3) is 5.76 Å². The molecule has 1 aliphatic heterocycles. The molecule has 2 aromatic rings. The van der Waals surface area contributed by atoms with Crippen molar-refractivity contribution in [3.05, 3.63) is 76.9 Å². The quantitative estimate of drug-likeness (QED) is 0.511. The first-order valence-electron chi connectivity index (χ1n) is 8.44. The van der Waals surface area contributed by atoms with E-state index in [1.54, 1.807) is 19.2 Å². The van der Waals surface area contributed by atoms with Gasteiger partial charge in [0.05, 0.1) is 18.2 Å². The standard InChI is InChI=1S/C21H21NO4/c1-14-8-10-16(11-9-14)19(23)17-18(15-6-4-3-5-7-15)22(12-13-26-2)21(25)20(17)24/h3-11,18,23H,12-13H2,1-2H3/b19-17+/t18-/m0/s1. The maximum absolute atomic E-state index is 12.7. The molecule has 5 nitrogen and oxygen atoms in total. The van der Waals surface area contributed by atoms with Crippen LogP contribution in [-0.4, -0.2) is 42.0 Å². The van der Waals surface area contributed by atoms with Gasteiger partial charge in [-0.1, -0.05) is 60.2 Å². The van der Waals surface area contributed by atoms with Gasteiger partial charge in [0.2, 0.25) is 0 Å². The van der Waals surface area contributed by atoms with Crippen LogP contribution in [-0.2, 0) is 14.3 Å². The molecule has 0 radical (unpaired) electrons. The highest BCUT2D eigenvalue weighted by Gasteiger charge is 2.45. The van der Waals surface area contributed by atoms with Crippen molar-refractivity contribution in [3.8, 4) is 0 Å². The minimum Gasteiger partial charge on any atom is -0.507 e. The Labute approximate surface area is 152 Å². The number of amides is 1. The molecular formula is C21H21NO4. The number of aliphatic hydroxyl groups excluding tert-OH is 1. The molecule has 5 heteroatoms. The third-order valence-electron chi connectivity index (χ3n) is 4.52. The summed E-state index contributed by atoms with van der Waals surface area (Å²) < 4.78 is 5.08. The van der Waals surface area contributed by atoms with Gasteiger partial charge < -0.3 is 14.7 Å². The summed E-state index contributed by atoms with van der Waals surface area (Å²) >= 11 is 0. The van der Waals surface area contributed by atoms with Gasteiger partial charge in [-0.2, -0.15) is 0 Å². The summed E-state index contributed by atoms with van der Waals surface area (Å²) in [5.74, 6) is -1.45. The summed E-state index contributed by atoms with van der Waals surface area (Å²) in [5.41, 5.74) is 2.44. The fourth-order valence-corrected chi connectivity index (χ4v) is 3.15. The smallest absolute Gasteiger partial charge is 0.295 e. The molecule has 1 atom stereocenters. The Morgan fingerprint density at radius 1 is 1.08 bits per heavy atom. The minimum atomic E-state index is -0.673. The van der Waals surface area contributed by atoms with E-state index < -0.39 is 17.7 Å². The largest absolute Gasteiger partial charge is 0.507 e. The molecule has 0 saturated carbocycles. The van der Waals surface area contributed by atoms with E-state index in [2.05, 4.69) is 0 Å². The predicted molar refractivity (Wildman–Crippen MR) is 98.5 cm³/mol. The Hall–Kier alpha value is -2.92. The number of likely N-dealkylation sites (tertiary alicyclic amines) is 1. The van der Waals surface area contributed by atoms with E-state index in [9.17, 15) is 14.7 Å². The van der Waals surface area contributed by atoms with Crippen LogP contribution in [0.2, 0.25) is 0 Å². The predicted octanol–water partition coefficient (Wildman–Crippen LogP) is 3.06. The topological polar surface area (TPSA) is 66.8 Å². The molecule has 0 aromatic heterocycles. The van der Waals surface area contributed by atoms with Gasteiger partial charge in [0.25, 0.3) is 11.7 Å². The number of carbonyl (C=O) groups is 2. The van der Waals surface area contributed by atoms with Gasteiger partial charge in [-0.05, 0) is 12.5 Å². The molecule has 0 aliphatic carbocycles. The molecule has 0 bridgehead atoms. The SMILES string of the molecule is COCCN1C(=O)C(=O)/C(=C(/O)c2ccc(C)cc2)[C@@H]1c1ccccc1. The van der Waals surface area contributed by atoms with Crippen molar-refractivity contribution in [1.29, 1.82) is 0 Å². The number of rotatable bonds is 5. The zero-order valence-electron chi connectivity index (χ0n) is 14.8. The van der Waals surface area contributed by atoms with Gasteiger partial charge in [0, 0.05) is 19.2 Å². The number of aryl methyl sites for hydroxylation is 1. The number of Topliss-reactive ketones (excluding diaryl/α,β-unsaturated/α-hetero) is 1. The lowest BCUT2D eigenvalue weighted by Gasteiger charge is -2.25. The zero-order valence-corrected chi connectivity index (χ0v) is 14.8. The molecule has 1 fully saturated rings. The molecule has 1 heterocycles. The van der Waals surface area contributed by atoms with E-state index in [-0.39, 0.29) is 17.9 Å². The van der Waals surface area contributed by atoms with Gasteiger partial charge in [0.15, 0.2) is 0 Å². The number of ketones is 1. The van der Waals surface area contributed by atoms with Crippen molar-refractivity contribution in [1.82, 2.24) is 4.90 Å². The summed E-state index contributed by atoms with van der Waals surface area (Å²) in [6, 6.07) is 15.8. The Bertz CT molecular complexity index is 840. The van der Waals surface area contributed by atoms with Crippen LogP contribution in [0.5, 0.6) is 0 Å². The maximum atomic E-state index is 12.7. The first kappa shape index (κ1) is 17.9. The second-order valence-corrected chi connectivity index (χ2v) is 6.26. The molecule has 0 unspecified atom stereocenters. The number of aliphatic hydroxyl groups is 1. The van der Waals surface area contributed by atoms with Crippen LogP contribution in [0, 0.1) is 6.92 Å². The lowest BCUT2D eigenvalue weighted by Crippen LogP contribution is -2.32. The van der Waals surface area contributed by atoms with Crippen LogP contribution in [0.4, 0.5) is 0 Å². The Morgan fingerprint density at radius 2 is 1.73 bits per heavy atom. The van der Waals surface area contributed by atoms with E-state index in [0.717, 1.165) is 11.1 Å². The number of benzene rings is 2. The highest BCUT2D eigenvalue weighted by atomic mass is 16.5. The van der Waals surface area contributed by atoms with E-state index in [1.165, 1.54) is 4.90 Å². The summed E-state index contributed by atoms with van der Waals surface area (Å²) in [5, 5.41) is 10.8. The van der Waals surface area contributed by atoms with E-state index in [0.29, 0.717) is 12.2 Å². The van der Waals surface area contributed by atoms with Gasteiger partial charge >= 0.3 is 0 Å². The fraction of sp³-hybridized carbons (Fsp3) is 0.238. The lowest BCUT2D eigenvalue weighted by atomic mass is 9.95. The Balaban J connectivity index is 2.14. The van der Waals surface area contributed by atoms with E-state index >= 15 is 0 Å². The molecule has 1 amide bonds. The average Bonchev–Trinajstić information content (AvgIpc) is 2.91. The molecule has 26 heavy (non-hydrogen) atoms. The molecule has 3 rings (SSSR count). The number of hydrogen-bond donors (Lipinski definition) is 1. The third-order valence-corrected chi connectivity index (χ3v) is 4.52. The minimum absolute atomic E-state index is 0.112. The highest BCUT2D eigenvalue weighted by Crippen LogP contribution is 2.39. The molecule has 2 aromatic carbocycles. The van der Waals surface area contributed by atoms with Crippen LogP contribution < -0.4 is 0 Å². The van der Waals surface area contributed by atoms with Crippen LogP contribution in [0.15, 0.2) is 60.2 Å². The first-order valence-corrected chi connectivity index (χ1v) is 8.44. The van der Waals surface area contributed by atoms with Gasteiger partial charge in [0.1, 0.15) is 5.76 Å². The zero-order chi connectivity index (χ0) is 18.7. The molecule has 134 valence electrons. The van der Waals surface area contributed by atoms with Crippen molar-refractivity contribution in [3.63, 3.8) is 0 Å². The van der Waals surface area contributed by atoms with Crippen molar-refractivity contribution in [2.75, 3.05) is 20.3 Å². The van der Waals surface area contributed by atoms with Crippen molar-refractivity contribution < 1.29 is 19.4 Å². The van der Waals surface area contributed by atoms with Crippen LogP contribution in [0.1, 0.15) is 22.7 Å². The Kier molecular flexibility index (Phi) is 5.19. The second-order valence-electron chi connectivity index (χ2n) is 6.26. The average molecular weight is 351 g/mol. The first-order chi connectivity index (χ1) is 12.5. The van der Waals surface area contributed by atoms with Crippen LogP contribution >= 0.6 is 0 Å². The fourth-order valence-electron chi connectivity index (χ4n) is 3.15.